The van der Waals surface area contributed by atoms with Crippen LogP contribution in [0, 0.1) is 0 Å². The second-order valence-electron chi connectivity index (χ2n) is 17.1. The van der Waals surface area contributed by atoms with Crippen LogP contribution in [0.5, 0.6) is 0 Å². The van der Waals surface area contributed by atoms with Crippen molar-refractivity contribution in [3.8, 4) is 0 Å². The summed E-state index contributed by atoms with van der Waals surface area (Å²) in [6.45, 7) is 3.55. The highest BCUT2D eigenvalue weighted by atomic mass is 32.2. The minimum atomic E-state index is -5.12. The molecule has 0 aromatic carbocycles. The summed E-state index contributed by atoms with van der Waals surface area (Å²) in [6.07, 6.45) is 35.1. The van der Waals surface area contributed by atoms with Gasteiger partial charge in [0.2, 0.25) is 0 Å². The Morgan fingerprint density at radius 2 is 1.23 bits per heavy atom. The van der Waals surface area contributed by atoms with Gasteiger partial charge in [-0.1, -0.05) is 181 Å². The fourth-order valence-electron chi connectivity index (χ4n) is 7.63. The van der Waals surface area contributed by atoms with Gasteiger partial charge in [0.05, 0.1) is 19.3 Å². The predicted molar refractivity (Wildman–Crippen MR) is 251 cm³/mol. The summed E-state index contributed by atoms with van der Waals surface area (Å²) < 4.78 is 52.8. The molecule has 2 rings (SSSR count). The molecule has 1 saturated heterocycles. The number of hydrogen-bond donors (Lipinski definition) is 3. The Morgan fingerprint density at radius 3 is 1.73 bits per heavy atom. The van der Waals surface area contributed by atoms with E-state index in [-0.39, 0.29) is 12.2 Å². The number of rotatable bonds is 42. The number of nitrogens with zero attached hydrogens (tertiary/aromatic N) is 2. The molecular formula is C45H85N3O11P2S. The van der Waals surface area contributed by atoms with Gasteiger partial charge in [-0.2, -0.15) is 21.1 Å². The molecule has 1 aromatic rings. The van der Waals surface area contributed by atoms with Crippen LogP contribution in [-0.2, 0) is 36.8 Å². The number of nitrogen functional groups attached to an aromatic ring is 1. The number of aromatic nitrogens is 2. The number of nitrogens with two attached hydrogens (primary N) is 1. The van der Waals surface area contributed by atoms with Crippen LogP contribution in [0.2, 0.25) is 0 Å². The minimum Gasteiger partial charge on any atom is -0.459 e. The maximum atomic E-state index is 12.8. The van der Waals surface area contributed by atoms with Crippen LogP contribution in [0.25, 0.3) is 0 Å². The van der Waals surface area contributed by atoms with Crippen LogP contribution in [0.1, 0.15) is 219 Å². The molecule has 1 aromatic heterocycles. The van der Waals surface area contributed by atoms with E-state index >= 15 is 0 Å². The van der Waals surface area contributed by atoms with Gasteiger partial charge in [-0.15, -0.1) is 0 Å². The molecule has 0 amide bonds. The fourth-order valence-corrected chi connectivity index (χ4v) is 10.8. The van der Waals surface area contributed by atoms with Crippen LogP contribution in [0.3, 0.4) is 0 Å². The quantitative estimate of drug-likeness (QED) is 0.0318. The van der Waals surface area contributed by atoms with Crippen molar-refractivity contribution in [3.05, 3.63) is 22.7 Å². The zero-order valence-electron chi connectivity index (χ0n) is 38.5. The average molecular weight is 938 g/mol. The third-order valence-corrected chi connectivity index (χ3v) is 15.1. The zero-order valence-corrected chi connectivity index (χ0v) is 41.1. The van der Waals surface area contributed by atoms with Gasteiger partial charge in [-0.25, -0.2) is 13.9 Å². The van der Waals surface area contributed by atoms with Crippen molar-refractivity contribution in [1.82, 2.24) is 9.55 Å². The first-order valence-corrected chi connectivity index (χ1v) is 28.5. The summed E-state index contributed by atoms with van der Waals surface area (Å²) in [5.41, 5.74) is 4.95. The Balaban J connectivity index is 1.71. The Morgan fingerprint density at radius 1 is 0.758 bits per heavy atom. The highest BCUT2D eigenvalue weighted by Gasteiger charge is 2.38. The molecule has 14 nitrogen and oxygen atoms in total. The zero-order chi connectivity index (χ0) is 45.2. The van der Waals surface area contributed by atoms with Crippen molar-refractivity contribution in [2.75, 3.05) is 30.5 Å². The van der Waals surface area contributed by atoms with Crippen LogP contribution in [0.4, 0.5) is 5.82 Å². The van der Waals surface area contributed by atoms with E-state index in [1.54, 1.807) is 11.8 Å². The Bertz CT molecular complexity index is 1440. The van der Waals surface area contributed by atoms with Gasteiger partial charge < -0.3 is 25.0 Å². The van der Waals surface area contributed by atoms with Crippen LogP contribution in [-0.4, -0.2) is 62.2 Å². The second kappa shape index (κ2) is 35.9. The van der Waals surface area contributed by atoms with Gasteiger partial charge in [-0.05, 0) is 37.5 Å². The van der Waals surface area contributed by atoms with Crippen LogP contribution >= 0.6 is 27.4 Å². The number of thioether (sulfide) groups is 1. The number of hydrogen-bond acceptors (Lipinski definition) is 12. The third-order valence-electron chi connectivity index (χ3n) is 11.3. The number of anilines is 1. The first kappa shape index (κ1) is 56.8. The monoisotopic (exact) mass is 938 g/mol. The summed E-state index contributed by atoms with van der Waals surface area (Å²) in [5.74, 6) is 0.835. The van der Waals surface area contributed by atoms with E-state index < -0.39 is 59.0 Å². The van der Waals surface area contributed by atoms with Gasteiger partial charge >= 0.3 is 27.3 Å². The third kappa shape index (κ3) is 30.0. The number of phosphoric ester groups is 2. The SMILES string of the molecule is CCCCCCCCCCCCCCCCCCSC[C@@H](COP(=O)(O)OP(=O)(O)OC[C@@H]1CC[C@H](n2ccc(N)nc2=O)O1)OC(=O)CCCCCCCCCCCCCC. The van der Waals surface area contributed by atoms with Crippen LogP contribution < -0.4 is 11.4 Å². The Kier molecular flexibility index (Phi) is 32.9. The van der Waals surface area contributed by atoms with Crippen molar-refractivity contribution in [2.24, 2.45) is 0 Å². The molecule has 17 heteroatoms. The van der Waals surface area contributed by atoms with Gasteiger partial charge in [0, 0.05) is 18.4 Å². The van der Waals surface area contributed by atoms with E-state index in [4.69, 9.17) is 24.3 Å². The molecule has 0 spiro atoms. The molecule has 1 fully saturated rings. The molecule has 0 aliphatic carbocycles. The maximum Gasteiger partial charge on any atom is 0.481 e. The highest BCUT2D eigenvalue weighted by Crippen LogP contribution is 2.60. The van der Waals surface area contributed by atoms with Crippen molar-refractivity contribution in [3.63, 3.8) is 0 Å². The summed E-state index contributed by atoms with van der Waals surface area (Å²) in [7, 11) is -10.2. The fraction of sp³-hybridized carbons (Fsp3) is 0.889. The number of carbonyl (C=O) groups excluding carboxylic acids is 1. The molecule has 5 atom stereocenters. The Hall–Kier alpha value is -1.28. The molecule has 0 radical (unpaired) electrons. The second-order valence-corrected chi connectivity index (χ2v) is 21.3. The summed E-state index contributed by atoms with van der Waals surface area (Å²) >= 11 is 1.58. The van der Waals surface area contributed by atoms with E-state index in [2.05, 4.69) is 23.1 Å². The first-order valence-electron chi connectivity index (χ1n) is 24.4. The normalized spacial score (nSPS) is 17.8. The van der Waals surface area contributed by atoms with Crippen molar-refractivity contribution >= 4 is 39.2 Å². The number of phosphoric acid groups is 2. The largest absolute Gasteiger partial charge is 0.481 e. The molecule has 1 aliphatic heterocycles. The standard InChI is InChI=1S/C45H85N3O11P2S/c1-3-5-7-9-11-13-15-17-18-19-20-22-24-26-28-30-36-62-39-41(58-44(49)31-29-27-25-23-21-16-14-12-10-8-6-4-2)38-56-61(53,54)59-60(51,52)55-37-40-32-33-43(57-40)48-35-34-42(46)47-45(48)50/h34-35,40-41,43H,3-33,36-39H2,1-2H3,(H,51,52)(H,53,54)(H2,46,47,50)/t40-,41+,43+/m0/s1. The summed E-state index contributed by atoms with van der Waals surface area (Å²) in [4.78, 5) is 49.3. The maximum absolute atomic E-state index is 12.8. The van der Waals surface area contributed by atoms with E-state index in [9.17, 15) is 28.5 Å². The van der Waals surface area contributed by atoms with E-state index in [0.29, 0.717) is 25.0 Å². The van der Waals surface area contributed by atoms with E-state index in [1.807, 2.05) is 0 Å². The lowest BCUT2D eigenvalue weighted by Gasteiger charge is -2.21. The lowest BCUT2D eigenvalue weighted by molar-refractivity contribution is -0.149. The molecule has 1 aliphatic rings. The molecular weight excluding hydrogens is 853 g/mol. The van der Waals surface area contributed by atoms with Gasteiger partial charge in [0.25, 0.3) is 0 Å². The summed E-state index contributed by atoms with van der Waals surface area (Å²) in [5, 5.41) is 0. The van der Waals surface area contributed by atoms with Crippen molar-refractivity contribution < 1.29 is 46.5 Å². The molecule has 0 saturated carbocycles. The smallest absolute Gasteiger partial charge is 0.459 e. The number of carbonyl (C=O) groups is 1. The van der Waals surface area contributed by atoms with Crippen molar-refractivity contribution in [2.45, 2.75) is 231 Å². The van der Waals surface area contributed by atoms with Gasteiger partial charge in [-0.3, -0.25) is 18.4 Å². The Labute approximate surface area is 378 Å². The van der Waals surface area contributed by atoms with Gasteiger partial charge in [0.1, 0.15) is 18.1 Å². The van der Waals surface area contributed by atoms with E-state index in [0.717, 1.165) is 37.9 Å². The first-order chi connectivity index (χ1) is 29.9. The lowest BCUT2D eigenvalue weighted by Crippen LogP contribution is -2.27. The van der Waals surface area contributed by atoms with Gasteiger partial charge in [0.15, 0.2) is 0 Å². The summed E-state index contributed by atoms with van der Waals surface area (Å²) in [6, 6.07) is 1.45. The molecule has 362 valence electrons. The molecule has 62 heavy (non-hydrogen) atoms. The number of esters is 1. The van der Waals surface area contributed by atoms with Crippen LogP contribution in [0.15, 0.2) is 17.1 Å². The number of unbranched alkanes of at least 4 members (excludes halogenated alkanes) is 26. The molecule has 0 bridgehead atoms. The number of ether oxygens (including phenoxy) is 2. The topological polar surface area (TPSA) is 199 Å². The lowest BCUT2D eigenvalue weighted by atomic mass is 10.0. The van der Waals surface area contributed by atoms with E-state index in [1.165, 1.54) is 158 Å². The average Bonchev–Trinajstić information content (AvgIpc) is 3.70. The molecule has 2 heterocycles. The minimum absolute atomic E-state index is 0.0711. The molecule has 4 N–H and O–H groups in total. The van der Waals surface area contributed by atoms with Crippen molar-refractivity contribution in [1.29, 1.82) is 0 Å². The highest BCUT2D eigenvalue weighted by molar-refractivity contribution is 7.99. The predicted octanol–water partition coefficient (Wildman–Crippen LogP) is 12.8. The molecule has 2 unspecified atom stereocenters.